The third-order valence-corrected chi connectivity index (χ3v) is 5.68. The molecule has 0 bridgehead atoms. The van der Waals surface area contributed by atoms with Gasteiger partial charge in [-0.15, -0.1) is 0 Å². The van der Waals surface area contributed by atoms with Crippen LogP contribution >= 0.6 is 22.9 Å². The zero-order valence-corrected chi connectivity index (χ0v) is 16.4. The Kier molecular flexibility index (Phi) is 4.09. The van der Waals surface area contributed by atoms with Gasteiger partial charge in [0.15, 0.2) is 5.13 Å². The predicted molar refractivity (Wildman–Crippen MR) is 107 cm³/mol. The monoisotopic (exact) mass is 401 g/mol. The minimum Gasteiger partial charge on any atom is -0.465 e. The smallest absolute Gasteiger partial charge is 0.280 e. The van der Waals surface area contributed by atoms with Gasteiger partial charge in [-0.05, 0) is 49.7 Å². The number of nitrogens with one attached hydrogen (secondary N) is 1. The van der Waals surface area contributed by atoms with Crippen molar-refractivity contribution in [2.45, 2.75) is 19.4 Å². The lowest BCUT2D eigenvalue weighted by Crippen LogP contribution is -2.59. The number of carbonyl (C=O) groups is 2. The summed E-state index contributed by atoms with van der Waals surface area (Å²) in [5.74, 6) is -0.533. The highest BCUT2D eigenvalue weighted by atomic mass is 35.5. The van der Waals surface area contributed by atoms with Crippen LogP contribution < -0.4 is 15.0 Å². The Balaban J connectivity index is 1.65. The van der Waals surface area contributed by atoms with Crippen LogP contribution in [0, 0.1) is 6.92 Å². The van der Waals surface area contributed by atoms with Crippen LogP contribution in [0.4, 0.5) is 10.8 Å². The Morgan fingerprint density at radius 2 is 2.07 bits per heavy atom. The molecule has 138 valence electrons. The van der Waals surface area contributed by atoms with Gasteiger partial charge < -0.3 is 9.64 Å². The van der Waals surface area contributed by atoms with Gasteiger partial charge in [0.2, 0.25) is 0 Å². The molecule has 0 saturated heterocycles. The van der Waals surface area contributed by atoms with Crippen LogP contribution in [-0.4, -0.2) is 29.4 Å². The summed E-state index contributed by atoms with van der Waals surface area (Å²) in [5, 5.41) is 3.68. The first-order chi connectivity index (χ1) is 12.8. The minimum absolute atomic E-state index is 0.382. The molecule has 4 rings (SSSR count). The molecule has 0 saturated carbocycles. The minimum atomic E-state index is -1.69. The van der Waals surface area contributed by atoms with Gasteiger partial charge in [-0.25, -0.2) is 4.98 Å². The van der Waals surface area contributed by atoms with E-state index in [-0.39, 0.29) is 0 Å². The summed E-state index contributed by atoms with van der Waals surface area (Å²) in [6.45, 7) is 3.40. The van der Waals surface area contributed by atoms with Crippen molar-refractivity contribution in [3.8, 4) is 5.75 Å². The maximum Gasteiger partial charge on any atom is 0.280 e. The third kappa shape index (κ3) is 2.93. The van der Waals surface area contributed by atoms with E-state index in [4.69, 9.17) is 16.3 Å². The summed E-state index contributed by atoms with van der Waals surface area (Å²) in [6, 6.07) is 10.8. The molecule has 0 spiro atoms. The Morgan fingerprint density at radius 3 is 2.85 bits per heavy atom. The Labute approximate surface area is 164 Å². The summed E-state index contributed by atoms with van der Waals surface area (Å²) in [7, 11) is 1.63. The number of amides is 2. The fourth-order valence-electron chi connectivity index (χ4n) is 2.98. The Hall–Kier alpha value is -2.64. The second-order valence-corrected chi connectivity index (χ2v) is 8.02. The average molecular weight is 402 g/mol. The number of anilines is 2. The van der Waals surface area contributed by atoms with Crippen LogP contribution in [0.15, 0.2) is 36.4 Å². The van der Waals surface area contributed by atoms with Gasteiger partial charge in [-0.2, -0.15) is 0 Å². The van der Waals surface area contributed by atoms with Gasteiger partial charge in [0.25, 0.3) is 17.4 Å². The molecule has 6 nitrogen and oxygen atoms in total. The molecule has 1 aliphatic heterocycles. The summed E-state index contributed by atoms with van der Waals surface area (Å²) in [4.78, 5) is 31.6. The molecule has 3 aromatic rings. The van der Waals surface area contributed by atoms with E-state index >= 15 is 0 Å². The highest BCUT2D eigenvalue weighted by Crippen LogP contribution is 2.38. The lowest BCUT2D eigenvalue weighted by Gasteiger charge is -2.37. The molecule has 0 fully saturated rings. The van der Waals surface area contributed by atoms with Gasteiger partial charge >= 0.3 is 0 Å². The van der Waals surface area contributed by atoms with Crippen molar-refractivity contribution in [3.05, 3.63) is 47.0 Å². The summed E-state index contributed by atoms with van der Waals surface area (Å²) in [6.07, 6.45) is 0. The highest BCUT2D eigenvalue weighted by molar-refractivity contribution is 7.22. The van der Waals surface area contributed by atoms with Crippen LogP contribution in [-0.2, 0) is 9.59 Å². The number of hydrogen-bond donors (Lipinski definition) is 1. The van der Waals surface area contributed by atoms with Crippen LogP contribution in [0.2, 0.25) is 5.02 Å². The van der Waals surface area contributed by atoms with E-state index in [1.165, 1.54) is 23.2 Å². The zero-order valence-electron chi connectivity index (χ0n) is 14.9. The number of hydrogen-bond acceptors (Lipinski definition) is 5. The van der Waals surface area contributed by atoms with Gasteiger partial charge in [0.1, 0.15) is 5.75 Å². The standard InChI is InChI=1S/C19H16ClN3O3S/c1-10-4-7-14-13(8-10)23(3)17(25)19(2,26-14)16(24)22-18-21-12-6-5-11(20)9-15(12)27-18/h4-9H,1-3H3,(H,21,22,24). The molecule has 8 heteroatoms. The average Bonchev–Trinajstić information content (AvgIpc) is 3.02. The van der Waals surface area contributed by atoms with E-state index in [0.717, 1.165) is 15.8 Å². The number of halogens is 1. The number of thiazole rings is 1. The van der Waals surface area contributed by atoms with E-state index in [0.29, 0.717) is 21.6 Å². The van der Waals surface area contributed by atoms with Crippen LogP contribution in [0.5, 0.6) is 5.75 Å². The molecular formula is C19H16ClN3O3S. The van der Waals surface area contributed by atoms with Crippen LogP contribution in [0.25, 0.3) is 10.2 Å². The molecule has 0 aliphatic carbocycles. The molecule has 0 radical (unpaired) electrons. The van der Waals surface area contributed by atoms with E-state index < -0.39 is 17.4 Å². The van der Waals surface area contributed by atoms with Gasteiger partial charge in [0.05, 0.1) is 15.9 Å². The number of aromatic nitrogens is 1. The number of likely N-dealkylation sites (N-methyl/N-ethyl adjacent to an activating group) is 1. The van der Waals surface area contributed by atoms with Crippen molar-refractivity contribution in [1.29, 1.82) is 0 Å². The molecule has 1 aromatic heterocycles. The first-order valence-electron chi connectivity index (χ1n) is 8.23. The number of carbonyl (C=O) groups excluding carboxylic acids is 2. The maximum atomic E-state index is 12.9. The first-order valence-corrected chi connectivity index (χ1v) is 9.43. The SMILES string of the molecule is Cc1ccc2c(c1)N(C)C(=O)C(C)(C(=O)Nc1nc3ccc(Cl)cc3s1)O2. The fraction of sp³-hybridized carbons (Fsp3) is 0.211. The highest BCUT2D eigenvalue weighted by Gasteiger charge is 2.50. The van der Waals surface area contributed by atoms with E-state index in [1.54, 1.807) is 31.3 Å². The van der Waals surface area contributed by atoms with Crippen molar-refractivity contribution in [2.24, 2.45) is 0 Å². The van der Waals surface area contributed by atoms with Crippen molar-refractivity contribution in [2.75, 3.05) is 17.3 Å². The Morgan fingerprint density at radius 1 is 1.30 bits per heavy atom. The van der Waals surface area contributed by atoms with Crippen LogP contribution in [0.3, 0.4) is 0 Å². The van der Waals surface area contributed by atoms with Crippen molar-refractivity contribution >= 4 is 55.8 Å². The molecule has 2 heterocycles. The second-order valence-electron chi connectivity index (χ2n) is 6.56. The topological polar surface area (TPSA) is 71.5 Å². The zero-order chi connectivity index (χ0) is 19.3. The third-order valence-electron chi connectivity index (χ3n) is 4.51. The summed E-state index contributed by atoms with van der Waals surface area (Å²) in [5.41, 5.74) is 0.670. The summed E-state index contributed by atoms with van der Waals surface area (Å²) >= 11 is 7.28. The molecular weight excluding hydrogens is 386 g/mol. The number of nitrogens with zero attached hydrogens (tertiary/aromatic N) is 2. The normalized spacial score (nSPS) is 19.0. The number of ether oxygens (including phenoxy) is 1. The van der Waals surface area contributed by atoms with E-state index in [1.807, 2.05) is 19.1 Å². The number of rotatable bonds is 2. The quantitative estimate of drug-likeness (QED) is 0.658. The maximum absolute atomic E-state index is 12.9. The largest absolute Gasteiger partial charge is 0.465 e. The molecule has 27 heavy (non-hydrogen) atoms. The lowest BCUT2D eigenvalue weighted by molar-refractivity contribution is -0.144. The Bertz CT molecular complexity index is 1100. The molecule has 2 aromatic carbocycles. The number of benzene rings is 2. The molecule has 1 aliphatic rings. The van der Waals surface area contributed by atoms with Crippen LogP contribution in [0.1, 0.15) is 12.5 Å². The summed E-state index contributed by atoms with van der Waals surface area (Å²) < 4.78 is 6.68. The molecule has 1 atom stereocenters. The van der Waals surface area contributed by atoms with Crippen molar-refractivity contribution in [1.82, 2.24) is 4.98 Å². The van der Waals surface area contributed by atoms with Gasteiger partial charge in [-0.1, -0.05) is 29.0 Å². The van der Waals surface area contributed by atoms with Gasteiger partial charge in [0, 0.05) is 12.1 Å². The second kappa shape index (κ2) is 6.21. The number of fused-ring (bicyclic) bond motifs is 2. The number of aryl methyl sites for hydroxylation is 1. The lowest BCUT2D eigenvalue weighted by atomic mass is 10.00. The van der Waals surface area contributed by atoms with Crippen molar-refractivity contribution < 1.29 is 14.3 Å². The predicted octanol–water partition coefficient (Wildman–Crippen LogP) is 4.01. The fourth-order valence-corrected chi connectivity index (χ4v) is 4.12. The first kappa shape index (κ1) is 17.8. The molecule has 2 amide bonds. The van der Waals surface area contributed by atoms with E-state index in [2.05, 4.69) is 10.3 Å². The van der Waals surface area contributed by atoms with Crippen molar-refractivity contribution in [3.63, 3.8) is 0 Å². The molecule has 1 unspecified atom stereocenters. The van der Waals surface area contributed by atoms with Gasteiger partial charge in [-0.3, -0.25) is 14.9 Å². The van der Waals surface area contributed by atoms with E-state index in [9.17, 15) is 9.59 Å². The molecule has 1 N–H and O–H groups in total.